The maximum absolute atomic E-state index is 5.87. The van der Waals surface area contributed by atoms with E-state index in [0.717, 1.165) is 16.1 Å². The Hall–Kier alpha value is -0.630. The van der Waals surface area contributed by atoms with Crippen LogP contribution in [0.15, 0.2) is 32.0 Å². The lowest BCUT2D eigenvalue weighted by Crippen LogP contribution is -2.30. The van der Waals surface area contributed by atoms with E-state index in [1.165, 1.54) is 0 Å². The van der Waals surface area contributed by atoms with Crippen molar-refractivity contribution < 1.29 is 4.42 Å². The molecule has 0 amide bonds. The van der Waals surface area contributed by atoms with Crippen molar-refractivity contribution in [3.63, 3.8) is 0 Å². The molecule has 2 heterocycles. The Labute approximate surface area is 129 Å². The Kier molecular flexibility index (Phi) is 4.83. The van der Waals surface area contributed by atoms with Crippen molar-refractivity contribution in [3.8, 4) is 0 Å². The zero-order valence-corrected chi connectivity index (χ0v) is 14.0. The highest BCUT2D eigenvalue weighted by Crippen LogP contribution is 2.31. The molecule has 0 aliphatic carbocycles. The van der Waals surface area contributed by atoms with Gasteiger partial charge in [-0.25, -0.2) is 4.98 Å². The normalized spacial score (nSPS) is 13.2. The summed E-state index contributed by atoms with van der Waals surface area (Å²) in [6, 6.07) is 1.95. The Bertz CT molecular complexity index is 532. The number of nitrogens with zero attached hydrogens (tertiary/aromatic N) is 3. The van der Waals surface area contributed by atoms with E-state index in [0.29, 0.717) is 17.8 Å². The fourth-order valence-corrected chi connectivity index (χ4v) is 2.53. The Balaban J connectivity index is 2.15. The molecule has 0 bridgehead atoms. The Morgan fingerprint density at radius 2 is 2.26 bits per heavy atom. The molecule has 1 unspecified atom stereocenters. The molecular formula is C12H16Br2N4O. The van der Waals surface area contributed by atoms with Gasteiger partial charge < -0.3 is 14.7 Å². The maximum atomic E-state index is 5.87. The molecule has 0 saturated heterocycles. The van der Waals surface area contributed by atoms with Crippen LogP contribution in [0.3, 0.4) is 0 Å². The largest absolute Gasteiger partial charge is 0.451 e. The predicted molar refractivity (Wildman–Crippen MR) is 80.6 cm³/mol. The molecule has 5 nitrogen and oxygen atoms in total. The lowest BCUT2D eigenvalue weighted by atomic mass is 10.2. The molecule has 0 radical (unpaired) electrons. The lowest BCUT2D eigenvalue weighted by molar-refractivity contribution is 0.205. The van der Waals surface area contributed by atoms with Gasteiger partial charge in [0.15, 0.2) is 4.67 Å². The number of halogens is 2. The van der Waals surface area contributed by atoms with Crippen LogP contribution in [-0.4, -0.2) is 28.0 Å². The van der Waals surface area contributed by atoms with E-state index >= 15 is 0 Å². The molecule has 19 heavy (non-hydrogen) atoms. The van der Waals surface area contributed by atoms with Gasteiger partial charge in [0.05, 0.1) is 17.1 Å². The highest BCUT2D eigenvalue weighted by Gasteiger charge is 2.21. The summed E-state index contributed by atoms with van der Waals surface area (Å²) in [4.78, 5) is 6.45. The zero-order valence-electron chi connectivity index (χ0n) is 10.8. The molecular weight excluding hydrogens is 376 g/mol. The van der Waals surface area contributed by atoms with Crippen LogP contribution in [-0.2, 0) is 13.6 Å². The molecule has 0 fully saturated rings. The van der Waals surface area contributed by atoms with Gasteiger partial charge in [-0.3, -0.25) is 4.90 Å². The van der Waals surface area contributed by atoms with Gasteiger partial charge in [0, 0.05) is 26.0 Å². The molecule has 104 valence electrons. The minimum Gasteiger partial charge on any atom is -0.451 e. The van der Waals surface area contributed by atoms with Crippen LogP contribution >= 0.6 is 31.9 Å². The summed E-state index contributed by atoms with van der Waals surface area (Å²) >= 11 is 6.76. The average molecular weight is 392 g/mol. The lowest BCUT2D eigenvalue weighted by Gasteiger charge is -2.24. The molecule has 0 saturated carbocycles. The van der Waals surface area contributed by atoms with Gasteiger partial charge in [-0.05, 0) is 45.0 Å². The Morgan fingerprint density at radius 1 is 1.53 bits per heavy atom. The summed E-state index contributed by atoms with van der Waals surface area (Å²) in [5.74, 6) is 1.82. The monoisotopic (exact) mass is 390 g/mol. The Morgan fingerprint density at radius 3 is 2.74 bits per heavy atom. The zero-order chi connectivity index (χ0) is 14.0. The van der Waals surface area contributed by atoms with Gasteiger partial charge in [-0.2, -0.15) is 0 Å². The SMILES string of the molecule is CN(Cc1nccn1C)C(CN)c1cc(Br)c(Br)o1. The summed E-state index contributed by atoms with van der Waals surface area (Å²) in [7, 11) is 3.99. The smallest absolute Gasteiger partial charge is 0.183 e. The van der Waals surface area contributed by atoms with Gasteiger partial charge in [-0.15, -0.1) is 0 Å². The van der Waals surface area contributed by atoms with E-state index in [1.807, 2.05) is 30.9 Å². The van der Waals surface area contributed by atoms with Crippen LogP contribution < -0.4 is 5.73 Å². The molecule has 0 aliphatic heterocycles. The topological polar surface area (TPSA) is 60.2 Å². The van der Waals surface area contributed by atoms with Crippen LogP contribution in [0.25, 0.3) is 0 Å². The summed E-state index contributed by atoms with van der Waals surface area (Å²) in [5.41, 5.74) is 5.87. The number of nitrogens with two attached hydrogens (primary N) is 1. The standard InChI is InChI=1S/C12H16Br2N4O/c1-17-4-3-16-11(17)7-18(2)9(6-15)10-5-8(13)12(14)19-10/h3-5,9H,6-7,15H2,1-2H3. The maximum Gasteiger partial charge on any atom is 0.183 e. The van der Waals surface area contributed by atoms with Crippen molar-refractivity contribution in [2.45, 2.75) is 12.6 Å². The third-order valence-electron chi connectivity index (χ3n) is 3.06. The molecule has 0 aromatic carbocycles. The van der Waals surface area contributed by atoms with Gasteiger partial charge >= 0.3 is 0 Å². The second kappa shape index (κ2) is 6.21. The van der Waals surface area contributed by atoms with E-state index < -0.39 is 0 Å². The number of aromatic nitrogens is 2. The van der Waals surface area contributed by atoms with E-state index in [9.17, 15) is 0 Å². The molecule has 2 rings (SSSR count). The first kappa shape index (κ1) is 14.8. The molecule has 0 aliphatic rings. The van der Waals surface area contributed by atoms with Crippen molar-refractivity contribution in [2.75, 3.05) is 13.6 Å². The van der Waals surface area contributed by atoms with Crippen LogP contribution in [0.1, 0.15) is 17.6 Å². The van der Waals surface area contributed by atoms with Crippen LogP contribution in [0, 0.1) is 0 Å². The molecule has 2 aromatic heterocycles. The van der Waals surface area contributed by atoms with E-state index in [2.05, 4.69) is 41.7 Å². The van der Waals surface area contributed by atoms with Crippen molar-refractivity contribution >= 4 is 31.9 Å². The molecule has 2 N–H and O–H groups in total. The number of aryl methyl sites for hydroxylation is 1. The highest BCUT2D eigenvalue weighted by molar-refractivity contribution is 9.13. The molecule has 0 spiro atoms. The van der Waals surface area contributed by atoms with Crippen molar-refractivity contribution in [1.29, 1.82) is 0 Å². The number of likely N-dealkylation sites (N-methyl/N-ethyl adjacent to an activating group) is 1. The van der Waals surface area contributed by atoms with Gasteiger partial charge in [0.1, 0.15) is 11.6 Å². The number of imidazole rings is 1. The predicted octanol–water partition coefficient (Wildman–Crippen LogP) is 2.67. The number of furan rings is 1. The van der Waals surface area contributed by atoms with Crippen molar-refractivity contribution in [1.82, 2.24) is 14.5 Å². The fraction of sp³-hybridized carbons (Fsp3) is 0.417. The molecule has 1 atom stereocenters. The first-order chi connectivity index (χ1) is 9.02. The molecule has 7 heteroatoms. The van der Waals surface area contributed by atoms with Crippen LogP contribution in [0.4, 0.5) is 0 Å². The number of hydrogen-bond acceptors (Lipinski definition) is 4. The summed E-state index contributed by atoms with van der Waals surface area (Å²) < 4.78 is 9.24. The molecule has 2 aromatic rings. The summed E-state index contributed by atoms with van der Waals surface area (Å²) in [5, 5.41) is 0. The van der Waals surface area contributed by atoms with Gasteiger partial charge in [-0.1, -0.05) is 0 Å². The number of rotatable bonds is 5. The minimum absolute atomic E-state index is 0.0132. The first-order valence-electron chi connectivity index (χ1n) is 5.84. The quantitative estimate of drug-likeness (QED) is 0.851. The van der Waals surface area contributed by atoms with E-state index in [-0.39, 0.29) is 6.04 Å². The highest BCUT2D eigenvalue weighted by atomic mass is 79.9. The fourth-order valence-electron chi connectivity index (χ4n) is 1.92. The van der Waals surface area contributed by atoms with Crippen LogP contribution in [0.2, 0.25) is 0 Å². The third kappa shape index (κ3) is 3.28. The van der Waals surface area contributed by atoms with Gasteiger partial charge in [0.2, 0.25) is 0 Å². The van der Waals surface area contributed by atoms with Crippen LogP contribution in [0.5, 0.6) is 0 Å². The van der Waals surface area contributed by atoms with E-state index in [1.54, 1.807) is 6.20 Å². The minimum atomic E-state index is 0.0132. The van der Waals surface area contributed by atoms with E-state index in [4.69, 9.17) is 10.2 Å². The number of hydrogen-bond donors (Lipinski definition) is 1. The third-order valence-corrected chi connectivity index (χ3v) is 4.77. The average Bonchev–Trinajstić information content (AvgIpc) is 2.89. The second-order valence-electron chi connectivity index (χ2n) is 4.39. The van der Waals surface area contributed by atoms with Crippen molar-refractivity contribution in [2.24, 2.45) is 12.8 Å². The summed E-state index contributed by atoms with van der Waals surface area (Å²) in [6.07, 6.45) is 3.72. The second-order valence-corrected chi connectivity index (χ2v) is 5.97. The first-order valence-corrected chi connectivity index (χ1v) is 7.42. The summed E-state index contributed by atoms with van der Waals surface area (Å²) in [6.45, 7) is 1.19. The van der Waals surface area contributed by atoms with Gasteiger partial charge in [0.25, 0.3) is 0 Å². The van der Waals surface area contributed by atoms with Crippen molar-refractivity contribution in [3.05, 3.63) is 39.2 Å².